The monoisotopic (exact) mass is 1490 g/mol. The number of amides is 4. The first-order valence-corrected chi connectivity index (χ1v) is 41.2. The summed E-state index contributed by atoms with van der Waals surface area (Å²) in [5, 5.41) is 12.5. The van der Waals surface area contributed by atoms with E-state index in [1.165, 1.54) is 73.9 Å². The molecule has 0 bridgehead atoms. The van der Waals surface area contributed by atoms with Gasteiger partial charge in [-0.25, -0.2) is 4.79 Å². The Morgan fingerprint density at radius 1 is 0.309 bits per heavy atom. The fourth-order valence-electron chi connectivity index (χ4n) is 14.9. The van der Waals surface area contributed by atoms with Crippen molar-refractivity contribution < 1.29 is 28.7 Å². The second-order valence-corrected chi connectivity index (χ2v) is 37.0. The maximum Gasteiger partial charge on any atom is 0.337 e. The van der Waals surface area contributed by atoms with Crippen LogP contribution in [0.5, 0.6) is 0 Å². The highest BCUT2D eigenvalue weighted by Gasteiger charge is 2.39. The number of unbranched alkanes of at least 4 members (excludes halogenated alkanes) is 13. The molecule has 0 aliphatic carbocycles. The molecule has 0 aliphatic heterocycles. The molecule has 0 aromatic heterocycles. The van der Waals surface area contributed by atoms with Crippen LogP contribution in [0.1, 0.15) is 333 Å². The molecule has 110 heavy (non-hydrogen) atoms. The summed E-state index contributed by atoms with van der Waals surface area (Å²) in [6, 6.07) is 59.8. The number of nitrogens with one attached hydrogen (secondary N) is 4. The van der Waals surface area contributed by atoms with Crippen LogP contribution in [-0.2, 0) is 69.0 Å². The molecule has 0 fully saturated rings. The SMILES string of the molecule is COC(=O)c1cc(CNC(=O)CCCCCCCC/C=C/C(=O)NCCC(c2ccc(C(C)(C)C)cc2)(c2ccc(C(C)(C)C)cc2)c2ccc(C(C)(C)C)cc2)cc(C(=O)NCCCCCCCCC/C=C/C(=O)NCCC(c2ccc(C(C)(C)C)cc2)(c2ccc(C(C)(C)C)cc2)c2ccc(C(C)(C)C)cc2)c1. The first kappa shape index (κ1) is 88.6. The molecule has 592 valence electrons. The number of rotatable bonds is 37. The summed E-state index contributed by atoms with van der Waals surface area (Å²) in [7, 11) is 1.31. The second kappa shape index (κ2) is 40.0. The summed E-state index contributed by atoms with van der Waals surface area (Å²) >= 11 is 0. The van der Waals surface area contributed by atoms with Gasteiger partial charge in [0.25, 0.3) is 5.91 Å². The predicted molar refractivity (Wildman–Crippen MR) is 460 cm³/mol. The van der Waals surface area contributed by atoms with E-state index >= 15 is 0 Å². The van der Waals surface area contributed by atoms with Crippen LogP contribution < -0.4 is 21.3 Å². The minimum absolute atomic E-state index is 0.0121. The van der Waals surface area contributed by atoms with Crippen molar-refractivity contribution in [1.29, 1.82) is 0 Å². The molecule has 0 heterocycles. The van der Waals surface area contributed by atoms with E-state index in [0.717, 1.165) is 96.3 Å². The van der Waals surface area contributed by atoms with E-state index in [9.17, 15) is 24.0 Å². The summed E-state index contributed by atoms with van der Waals surface area (Å²) in [6.45, 7) is 42.2. The Morgan fingerprint density at radius 3 is 0.882 bits per heavy atom. The largest absolute Gasteiger partial charge is 0.465 e. The third-order valence-electron chi connectivity index (χ3n) is 22.1. The lowest BCUT2D eigenvalue weighted by Gasteiger charge is -2.37. The summed E-state index contributed by atoms with van der Waals surface area (Å²) in [4.78, 5) is 66.1. The zero-order chi connectivity index (χ0) is 80.6. The molecule has 0 saturated heterocycles. The van der Waals surface area contributed by atoms with Crippen LogP contribution in [0.2, 0.25) is 0 Å². The summed E-state index contributed by atoms with van der Waals surface area (Å²) in [5.74, 6) is -1.06. The Labute approximate surface area is 664 Å². The van der Waals surface area contributed by atoms with Crippen molar-refractivity contribution in [1.82, 2.24) is 21.3 Å². The van der Waals surface area contributed by atoms with Gasteiger partial charge < -0.3 is 26.0 Å². The van der Waals surface area contributed by atoms with E-state index in [2.05, 4.69) is 291 Å². The second-order valence-electron chi connectivity index (χ2n) is 37.0. The van der Waals surface area contributed by atoms with Crippen LogP contribution in [-0.4, -0.2) is 56.3 Å². The molecule has 0 spiro atoms. The summed E-state index contributed by atoms with van der Waals surface area (Å²) in [6.07, 6.45) is 23.7. The summed E-state index contributed by atoms with van der Waals surface area (Å²) < 4.78 is 5.03. The van der Waals surface area contributed by atoms with E-state index in [0.29, 0.717) is 50.0 Å². The Hall–Kier alpha value is -8.63. The fourth-order valence-corrected chi connectivity index (χ4v) is 14.9. The minimum atomic E-state index is -0.548. The summed E-state index contributed by atoms with van der Waals surface area (Å²) in [5.41, 5.74) is 15.2. The van der Waals surface area contributed by atoms with Crippen LogP contribution in [0, 0.1) is 0 Å². The van der Waals surface area contributed by atoms with Crippen LogP contribution in [0.15, 0.2) is 188 Å². The lowest BCUT2D eigenvalue weighted by molar-refractivity contribution is -0.121. The van der Waals surface area contributed by atoms with Gasteiger partial charge in [0.15, 0.2) is 0 Å². The minimum Gasteiger partial charge on any atom is -0.465 e. The van der Waals surface area contributed by atoms with Gasteiger partial charge in [-0.2, -0.15) is 0 Å². The number of carbonyl (C=O) groups is 5. The van der Waals surface area contributed by atoms with Gasteiger partial charge in [-0.15, -0.1) is 0 Å². The number of esters is 1. The zero-order valence-electron chi connectivity index (χ0n) is 70.9. The lowest BCUT2D eigenvalue weighted by atomic mass is 9.66. The van der Waals surface area contributed by atoms with Crippen LogP contribution in [0.4, 0.5) is 0 Å². The van der Waals surface area contributed by atoms with Gasteiger partial charge >= 0.3 is 5.97 Å². The molecule has 0 atom stereocenters. The molecule has 0 radical (unpaired) electrons. The Balaban J connectivity index is 0.781. The van der Waals surface area contributed by atoms with E-state index in [1.54, 1.807) is 30.4 Å². The molecule has 10 heteroatoms. The molecular weight excluding hydrogens is 1350 g/mol. The van der Waals surface area contributed by atoms with Gasteiger partial charge in [0.05, 0.1) is 12.7 Å². The third kappa shape index (κ3) is 26.0. The van der Waals surface area contributed by atoms with Crippen LogP contribution >= 0.6 is 0 Å². The van der Waals surface area contributed by atoms with Gasteiger partial charge in [0.2, 0.25) is 17.7 Å². The molecule has 4 amide bonds. The fraction of sp³-hybridized carbons (Fsp3) is 0.490. The number of carbonyl (C=O) groups excluding carboxylic acids is 5. The van der Waals surface area contributed by atoms with Crippen LogP contribution in [0.3, 0.4) is 0 Å². The van der Waals surface area contributed by atoms with Crippen LogP contribution in [0.25, 0.3) is 0 Å². The molecular formula is C100H136N4O6. The first-order valence-electron chi connectivity index (χ1n) is 41.2. The number of allylic oxidation sites excluding steroid dienone is 2. The highest BCUT2D eigenvalue weighted by atomic mass is 16.5. The van der Waals surface area contributed by atoms with Gasteiger partial charge in [0, 0.05) is 49.0 Å². The Kier molecular flexibility index (Phi) is 32.2. The van der Waals surface area contributed by atoms with E-state index in [-0.39, 0.29) is 68.2 Å². The molecule has 0 aliphatic rings. The highest BCUT2D eigenvalue weighted by Crippen LogP contribution is 2.46. The number of ether oxygens (including phenoxy) is 1. The molecule has 10 nitrogen and oxygen atoms in total. The quantitative estimate of drug-likeness (QED) is 0.0132. The van der Waals surface area contributed by atoms with Crippen molar-refractivity contribution in [3.05, 3.63) is 272 Å². The number of methoxy groups -OCH3 is 1. The topological polar surface area (TPSA) is 143 Å². The van der Waals surface area contributed by atoms with E-state index in [4.69, 9.17) is 4.74 Å². The van der Waals surface area contributed by atoms with Crippen molar-refractivity contribution in [3.63, 3.8) is 0 Å². The molecule has 0 unspecified atom stereocenters. The number of hydrogen-bond donors (Lipinski definition) is 4. The molecule has 7 aromatic rings. The normalized spacial score (nSPS) is 12.7. The van der Waals surface area contributed by atoms with Crippen molar-refractivity contribution in [2.45, 2.75) is 290 Å². The van der Waals surface area contributed by atoms with Crippen molar-refractivity contribution in [3.8, 4) is 0 Å². The molecule has 7 rings (SSSR count). The number of hydrogen-bond acceptors (Lipinski definition) is 6. The average molecular weight is 1490 g/mol. The van der Waals surface area contributed by atoms with Crippen molar-refractivity contribution >= 4 is 29.6 Å². The van der Waals surface area contributed by atoms with Gasteiger partial charge in [-0.1, -0.05) is 340 Å². The van der Waals surface area contributed by atoms with Crippen molar-refractivity contribution in [2.24, 2.45) is 0 Å². The molecule has 7 aromatic carbocycles. The smallest absolute Gasteiger partial charge is 0.337 e. The lowest BCUT2D eigenvalue weighted by Crippen LogP contribution is -2.35. The standard InChI is InChI=1S/C100H136N4O6/c1-93(2,3)76-40-52-82(53-41-76)99(83-54-42-77(43-55-83)94(4,5)6,84-56-44-78(45-57-84)95(7,8)9)64-67-101-88(105)37-33-29-25-21-20-24-28-32-36-66-103-91(108)74-69-73(70-75(71-74)92(109)110-19)72-104-90(107)39-35-31-27-23-22-26-30-34-38-89(106)102-68-65-100(85-58-46-79(47-59-85)96(10,11)12,86-60-48-80(49-61-86)97(13,14)15)87-62-50-81(51-63-87)98(16,17)18/h33-34,37-38,40-63,69-71H,20-32,35-36,39,64-68,72H2,1-19H3,(H,101,105)(H,102,106)(H,103,108)(H,104,107)/b37-33+,38-34+. The molecule has 4 N–H and O–H groups in total. The maximum absolute atomic E-state index is 13.4. The predicted octanol–water partition coefficient (Wildman–Crippen LogP) is 23.0. The van der Waals surface area contributed by atoms with Gasteiger partial charge in [0.1, 0.15) is 0 Å². The van der Waals surface area contributed by atoms with Crippen molar-refractivity contribution in [2.75, 3.05) is 26.7 Å². The Morgan fingerprint density at radius 2 is 0.582 bits per heavy atom. The van der Waals surface area contributed by atoms with Gasteiger partial charge in [-0.05, 0) is 187 Å². The Bertz CT molecular complexity index is 3840. The highest BCUT2D eigenvalue weighted by molar-refractivity contribution is 5.98. The average Bonchev–Trinajstić information content (AvgIpc) is 0.751. The molecule has 0 saturated carbocycles. The van der Waals surface area contributed by atoms with E-state index in [1.807, 2.05) is 12.2 Å². The maximum atomic E-state index is 13.4. The van der Waals surface area contributed by atoms with E-state index < -0.39 is 16.8 Å². The van der Waals surface area contributed by atoms with Gasteiger partial charge in [-0.3, -0.25) is 19.2 Å². The zero-order valence-corrected chi connectivity index (χ0v) is 70.9. The number of benzene rings is 7. The first-order chi connectivity index (χ1) is 51.9. The third-order valence-corrected chi connectivity index (χ3v) is 22.1.